The molecule has 1 aliphatic rings. The van der Waals surface area contributed by atoms with Crippen LogP contribution in [-0.2, 0) is 4.79 Å². The highest BCUT2D eigenvalue weighted by Gasteiger charge is 2.38. The second-order valence-corrected chi connectivity index (χ2v) is 8.71. The van der Waals surface area contributed by atoms with Crippen LogP contribution in [-0.4, -0.2) is 17.9 Å². The second kappa shape index (κ2) is 9.06. The number of carbonyl (C=O) groups excluding carboxylic acids is 2. The van der Waals surface area contributed by atoms with Crippen molar-refractivity contribution in [1.82, 2.24) is 0 Å². The van der Waals surface area contributed by atoms with Gasteiger partial charge in [0.25, 0.3) is 5.91 Å². The van der Waals surface area contributed by atoms with Crippen molar-refractivity contribution in [3.63, 3.8) is 0 Å². The fourth-order valence-corrected chi connectivity index (χ4v) is 4.60. The van der Waals surface area contributed by atoms with E-state index in [4.69, 9.17) is 0 Å². The van der Waals surface area contributed by atoms with Gasteiger partial charge in [0.15, 0.2) is 0 Å². The van der Waals surface area contributed by atoms with Gasteiger partial charge < -0.3 is 9.80 Å². The summed E-state index contributed by atoms with van der Waals surface area (Å²) in [5.74, 6) is 0.0492. The predicted molar refractivity (Wildman–Crippen MR) is 128 cm³/mol. The second-order valence-electron chi connectivity index (χ2n) is 7.79. The summed E-state index contributed by atoms with van der Waals surface area (Å²) in [5, 5.41) is 0. The van der Waals surface area contributed by atoms with E-state index in [2.05, 4.69) is 22.9 Å². The zero-order valence-corrected chi connectivity index (χ0v) is 19.2. The Morgan fingerprint density at radius 3 is 2.29 bits per heavy atom. The monoisotopic (exact) mass is 476 g/mol. The van der Waals surface area contributed by atoms with E-state index < -0.39 is 0 Å². The van der Waals surface area contributed by atoms with E-state index in [1.807, 2.05) is 95.6 Å². The van der Waals surface area contributed by atoms with E-state index in [0.29, 0.717) is 18.4 Å². The van der Waals surface area contributed by atoms with Gasteiger partial charge in [-0.1, -0.05) is 59.3 Å². The molecule has 1 heterocycles. The molecule has 1 aliphatic heterocycles. The molecule has 2 atom stereocenters. The van der Waals surface area contributed by atoms with Crippen LogP contribution in [0.3, 0.4) is 0 Å². The molecule has 0 saturated heterocycles. The van der Waals surface area contributed by atoms with Crippen LogP contribution in [0, 0.1) is 0 Å². The minimum absolute atomic E-state index is 0.0196. The summed E-state index contributed by atoms with van der Waals surface area (Å²) in [6, 6.07) is 24.9. The van der Waals surface area contributed by atoms with Gasteiger partial charge in [0, 0.05) is 33.9 Å². The summed E-state index contributed by atoms with van der Waals surface area (Å²) in [6.07, 6.45) is 1.11. The van der Waals surface area contributed by atoms with Gasteiger partial charge in [-0.2, -0.15) is 0 Å². The number of nitrogens with zero attached hydrogens (tertiary/aromatic N) is 2. The maximum absolute atomic E-state index is 13.8. The lowest BCUT2D eigenvalue weighted by atomic mass is 9.89. The fourth-order valence-electron chi connectivity index (χ4n) is 4.34. The van der Waals surface area contributed by atoms with Crippen molar-refractivity contribution >= 4 is 39.1 Å². The maximum atomic E-state index is 13.8. The zero-order chi connectivity index (χ0) is 22.0. The van der Waals surface area contributed by atoms with Gasteiger partial charge in [0.1, 0.15) is 0 Å². The van der Waals surface area contributed by atoms with E-state index in [1.165, 1.54) is 0 Å². The quantitative estimate of drug-likeness (QED) is 0.438. The minimum Gasteiger partial charge on any atom is -0.309 e. The minimum atomic E-state index is -0.180. The molecule has 4 nitrogen and oxygen atoms in total. The fraction of sp³-hybridized carbons (Fsp3) is 0.231. The van der Waals surface area contributed by atoms with Crippen LogP contribution in [0.5, 0.6) is 0 Å². The molecule has 0 aliphatic carbocycles. The topological polar surface area (TPSA) is 40.6 Å². The molecule has 31 heavy (non-hydrogen) atoms. The van der Waals surface area contributed by atoms with Crippen molar-refractivity contribution in [2.45, 2.75) is 38.8 Å². The first kappa shape index (κ1) is 21.3. The van der Waals surface area contributed by atoms with Gasteiger partial charge in [-0.25, -0.2) is 0 Å². The van der Waals surface area contributed by atoms with Crippen molar-refractivity contribution in [1.29, 1.82) is 0 Å². The Hall–Kier alpha value is -2.92. The van der Waals surface area contributed by atoms with Crippen LogP contribution in [0.2, 0.25) is 0 Å². The van der Waals surface area contributed by atoms with Gasteiger partial charge in [0.2, 0.25) is 5.91 Å². The first-order chi connectivity index (χ1) is 15.0. The lowest BCUT2D eigenvalue weighted by molar-refractivity contribution is -0.118. The van der Waals surface area contributed by atoms with Crippen molar-refractivity contribution in [3.05, 3.63) is 94.5 Å². The number of para-hydroxylation sites is 1. The van der Waals surface area contributed by atoms with Crippen LogP contribution in [0.25, 0.3) is 0 Å². The van der Waals surface area contributed by atoms with E-state index in [-0.39, 0.29) is 23.9 Å². The van der Waals surface area contributed by atoms with E-state index in [1.54, 1.807) is 0 Å². The van der Waals surface area contributed by atoms with Crippen LogP contribution in [0.4, 0.5) is 11.4 Å². The SMILES string of the molecule is CCC(=O)N1c2ccccc2C(N(C(=O)c2ccccc2)c2ccc(Br)cc2)CC1C. The number of hydrogen-bond acceptors (Lipinski definition) is 2. The molecule has 4 rings (SSSR count). The average molecular weight is 477 g/mol. The molecule has 158 valence electrons. The van der Waals surface area contributed by atoms with Crippen LogP contribution in [0.15, 0.2) is 83.3 Å². The standard InChI is InChI=1S/C26H25BrN2O2/c1-3-25(30)28-18(2)17-24(22-11-7-8-12-23(22)28)29(21-15-13-20(27)14-16-21)26(31)19-9-5-4-6-10-19/h4-16,18,24H,3,17H2,1-2H3. The molecule has 3 aromatic rings. The lowest BCUT2D eigenvalue weighted by Gasteiger charge is -2.43. The third-order valence-electron chi connectivity index (χ3n) is 5.79. The molecule has 3 aromatic carbocycles. The van der Waals surface area contributed by atoms with Gasteiger partial charge >= 0.3 is 0 Å². The molecule has 0 spiro atoms. The van der Waals surface area contributed by atoms with Crippen molar-refractivity contribution in [2.24, 2.45) is 0 Å². The molecule has 2 amide bonds. The number of anilines is 2. The summed E-state index contributed by atoms with van der Waals surface area (Å²) in [4.78, 5) is 30.2. The third kappa shape index (κ3) is 4.15. The highest BCUT2D eigenvalue weighted by Crippen LogP contribution is 2.43. The Morgan fingerprint density at radius 2 is 1.61 bits per heavy atom. The molecule has 0 radical (unpaired) electrons. The summed E-state index contributed by atoms with van der Waals surface area (Å²) >= 11 is 3.49. The molecule has 2 unspecified atom stereocenters. The number of amides is 2. The highest BCUT2D eigenvalue weighted by atomic mass is 79.9. The van der Waals surface area contributed by atoms with Crippen molar-refractivity contribution < 1.29 is 9.59 Å². The van der Waals surface area contributed by atoms with Crippen LogP contribution >= 0.6 is 15.9 Å². The summed E-state index contributed by atoms with van der Waals surface area (Å²) in [6.45, 7) is 3.94. The number of hydrogen-bond donors (Lipinski definition) is 0. The van der Waals surface area contributed by atoms with Crippen LogP contribution in [0.1, 0.15) is 48.7 Å². The molecular formula is C26H25BrN2O2. The van der Waals surface area contributed by atoms with Gasteiger partial charge in [-0.15, -0.1) is 0 Å². The molecule has 0 bridgehead atoms. The summed E-state index contributed by atoms with van der Waals surface area (Å²) in [5.41, 5.74) is 3.36. The first-order valence-corrected chi connectivity index (χ1v) is 11.4. The summed E-state index contributed by atoms with van der Waals surface area (Å²) < 4.78 is 0.959. The Bertz CT molecular complexity index is 1080. The van der Waals surface area contributed by atoms with Crippen molar-refractivity contribution in [2.75, 3.05) is 9.80 Å². The Labute approximate surface area is 191 Å². The Balaban J connectivity index is 1.85. The Kier molecular flexibility index (Phi) is 6.23. The molecule has 0 N–H and O–H groups in total. The smallest absolute Gasteiger partial charge is 0.258 e. The number of halogens is 1. The zero-order valence-electron chi connectivity index (χ0n) is 17.7. The Morgan fingerprint density at radius 1 is 0.968 bits per heavy atom. The molecule has 0 fully saturated rings. The van der Waals surface area contributed by atoms with Crippen LogP contribution < -0.4 is 9.80 Å². The van der Waals surface area contributed by atoms with Gasteiger partial charge in [-0.3, -0.25) is 9.59 Å². The number of rotatable bonds is 4. The third-order valence-corrected chi connectivity index (χ3v) is 6.32. The molecule has 5 heteroatoms. The number of fused-ring (bicyclic) bond motifs is 1. The van der Waals surface area contributed by atoms with E-state index in [0.717, 1.165) is 21.4 Å². The molecular weight excluding hydrogens is 452 g/mol. The predicted octanol–water partition coefficient (Wildman–Crippen LogP) is 6.37. The highest BCUT2D eigenvalue weighted by molar-refractivity contribution is 9.10. The molecule has 0 aromatic heterocycles. The first-order valence-electron chi connectivity index (χ1n) is 10.6. The average Bonchev–Trinajstić information content (AvgIpc) is 2.80. The van der Waals surface area contributed by atoms with E-state index >= 15 is 0 Å². The van der Waals surface area contributed by atoms with Gasteiger partial charge in [0.05, 0.1) is 6.04 Å². The van der Waals surface area contributed by atoms with Crippen molar-refractivity contribution in [3.8, 4) is 0 Å². The number of benzene rings is 3. The normalized spacial score (nSPS) is 17.7. The number of carbonyl (C=O) groups is 2. The molecule has 0 saturated carbocycles. The largest absolute Gasteiger partial charge is 0.309 e. The summed E-state index contributed by atoms with van der Waals surface area (Å²) in [7, 11) is 0. The lowest BCUT2D eigenvalue weighted by Crippen LogP contribution is -2.47. The van der Waals surface area contributed by atoms with E-state index in [9.17, 15) is 9.59 Å². The van der Waals surface area contributed by atoms with Gasteiger partial charge in [-0.05, 0) is 61.4 Å². The maximum Gasteiger partial charge on any atom is 0.258 e.